The standard InChI is InChI=1S/C15H18BrF2NO/c1-9-6-7-12(17)13(14(9)18)15(20)19-8-10-4-2-3-5-11(10)16/h6-7,10-11H,2-5,8H2,1H3,(H,19,20). The summed E-state index contributed by atoms with van der Waals surface area (Å²) < 4.78 is 27.5. The second-order valence-electron chi connectivity index (χ2n) is 5.32. The molecular formula is C15H18BrF2NO. The van der Waals surface area contributed by atoms with E-state index in [1.807, 2.05) is 0 Å². The van der Waals surface area contributed by atoms with Gasteiger partial charge >= 0.3 is 0 Å². The number of carbonyl (C=O) groups is 1. The second kappa shape index (κ2) is 6.66. The predicted molar refractivity (Wildman–Crippen MR) is 78.1 cm³/mol. The summed E-state index contributed by atoms with van der Waals surface area (Å²) in [5, 5.41) is 2.66. The topological polar surface area (TPSA) is 29.1 Å². The number of benzene rings is 1. The summed E-state index contributed by atoms with van der Waals surface area (Å²) in [5.41, 5.74) is -0.209. The molecule has 0 radical (unpaired) electrons. The molecule has 1 aromatic rings. The fourth-order valence-corrected chi connectivity index (χ4v) is 3.34. The largest absolute Gasteiger partial charge is 0.352 e. The van der Waals surface area contributed by atoms with E-state index in [9.17, 15) is 13.6 Å². The van der Waals surface area contributed by atoms with Gasteiger partial charge in [-0.15, -0.1) is 0 Å². The molecule has 1 fully saturated rings. The minimum atomic E-state index is -0.815. The van der Waals surface area contributed by atoms with Gasteiger partial charge in [-0.1, -0.05) is 34.8 Å². The summed E-state index contributed by atoms with van der Waals surface area (Å²) in [6, 6.07) is 2.46. The zero-order valence-corrected chi connectivity index (χ0v) is 13.0. The van der Waals surface area contributed by atoms with Crippen molar-refractivity contribution in [2.24, 2.45) is 5.92 Å². The monoisotopic (exact) mass is 345 g/mol. The van der Waals surface area contributed by atoms with Gasteiger partial charge in [-0.05, 0) is 37.3 Å². The first-order chi connectivity index (χ1) is 9.50. The highest BCUT2D eigenvalue weighted by Crippen LogP contribution is 2.29. The van der Waals surface area contributed by atoms with Crippen LogP contribution in [0.4, 0.5) is 8.78 Å². The molecule has 1 aliphatic rings. The van der Waals surface area contributed by atoms with Crippen molar-refractivity contribution in [1.82, 2.24) is 5.32 Å². The van der Waals surface area contributed by atoms with Gasteiger partial charge in [-0.3, -0.25) is 4.79 Å². The molecule has 2 nitrogen and oxygen atoms in total. The minimum Gasteiger partial charge on any atom is -0.352 e. The van der Waals surface area contributed by atoms with Gasteiger partial charge in [-0.25, -0.2) is 8.78 Å². The highest BCUT2D eigenvalue weighted by Gasteiger charge is 2.25. The molecule has 110 valence electrons. The second-order valence-corrected chi connectivity index (χ2v) is 6.50. The molecule has 0 saturated heterocycles. The third-order valence-corrected chi connectivity index (χ3v) is 5.06. The van der Waals surface area contributed by atoms with Crippen molar-refractivity contribution in [2.45, 2.75) is 37.4 Å². The Kier molecular flexibility index (Phi) is 5.13. The van der Waals surface area contributed by atoms with Crippen LogP contribution >= 0.6 is 15.9 Å². The van der Waals surface area contributed by atoms with Gasteiger partial charge < -0.3 is 5.32 Å². The first-order valence-electron chi connectivity index (χ1n) is 6.87. The SMILES string of the molecule is Cc1ccc(F)c(C(=O)NCC2CCCCC2Br)c1F. The first-order valence-corrected chi connectivity index (χ1v) is 7.79. The molecule has 1 N–H and O–H groups in total. The molecule has 0 aromatic heterocycles. The lowest BCUT2D eigenvalue weighted by Crippen LogP contribution is -2.35. The summed E-state index contributed by atoms with van der Waals surface area (Å²) in [6.45, 7) is 1.96. The van der Waals surface area contributed by atoms with E-state index in [0.717, 1.165) is 25.3 Å². The van der Waals surface area contributed by atoms with Crippen molar-refractivity contribution in [3.8, 4) is 0 Å². The van der Waals surface area contributed by atoms with E-state index < -0.39 is 23.1 Å². The number of alkyl halides is 1. The maximum Gasteiger partial charge on any atom is 0.257 e. The van der Waals surface area contributed by atoms with E-state index in [-0.39, 0.29) is 5.56 Å². The number of hydrogen-bond donors (Lipinski definition) is 1. The molecule has 2 rings (SSSR count). The molecule has 1 aromatic carbocycles. The van der Waals surface area contributed by atoms with Crippen LogP contribution in [0.1, 0.15) is 41.6 Å². The minimum absolute atomic E-state index is 0.271. The van der Waals surface area contributed by atoms with Crippen LogP contribution in [0.25, 0.3) is 0 Å². The van der Waals surface area contributed by atoms with Crippen LogP contribution in [0, 0.1) is 24.5 Å². The van der Waals surface area contributed by atoms with Gasteiger partial charge in [0.25, 0.3) is 5.91 Å². The Morgan fingerprint density at radius 2 is 2.05 bits per heavy atom. The third-order valence-electron chi connectivity index (χ3n) is 3.85. The van der Waals surface area contributed by atoms with Gasteiger partial charge in [0.15, 0.2) is 0 Å². The Morgan fingerprint density at radius 3 is 2.75 bits per heavy atom. The molecule has 0 spiro atoms. The molecule has 5 heteroatoms. The summed E-state index contributed by atoms with van der Waals surface area (Å²) >= 11 is 3.60. The van der Waals surface area contributed by atoms with Crippen LogP contribution in [0.3, 0.4) is 0 Å². The Morgan fingerprint density at radius 1 is 1.35 bits per heavy atom. The maximum atomic E-state index is 13.8. The highest BCUT2D eigenvalue weighted by molar-refractivity contribution is 9.09. The van der Waals surface area contributed by atoms with Crippen LogP contribution in [-0.4, -0.2) is 17.3 Å². The maximum absolute atomic E-state index is 13.8. The Bertz CT molecular complexity index is 507. The Balaban J connectivity index is 2.03. The zero-order valence-electron chi connectivity index (χ0n) is 11.4. The highest BCUT2D eigenvalue weighted by atomic mass is 79.9. The Labute approximate surface area is 126 Å². The lowest BCUT2D eigenvalue weighted by atomic mass is 9.89. The molecule has 20 heavy (non-hydrogen) atoms. The van der Waals surface area contributed by atoms with E-state index in [1.54, 1.807) is 0 Å². The van der Waals surface area contributed by atoms with Gasteiger partial charge in [0, 0.05) is 11.4 Å². The fraction of sp³-hybridized carbons (Fsp3) is 0.533. The average Bonchev–Trinajstić information content (AvgIpc) is 2.42. The summed E-state index contributed by atoms with van der Waals surface area (Å²) in [7, 11) is 0. The number of carbonyl (C=O) groups excluding carboxylic acids is 1. The molecule has 2 unspecified atom stereocenters. The number of hydrogen-bond acceptors (Lipinski definition) is 1. The molecule has 0 heterocycles. The number of halogens is 3. The first kappa shape index (κ1) is 15.4. The van der Waals surface area contributed by atoms with Crippen molar-refractivity contribution in [2.75, 3.05) is 6.54 Å². The van der Waals surface area contributed by atoms with Gasteiger partial charge in [0.05, 0.1) is 0 Å². The van der Waals surface area contributed by atoms with E-state index in [2.05, 4.69) is 21.2 Å². The number of aryl methyl sites for hydroxylation is 1. The van der Waals surface area contributed by atoms with Gasteiger partial charge in [0.1, 0.15) is 17.2 Å². The third kappa shape index (κ3) is 3.37. The van der Waals surface area contributed by atoms with Crippen LogP contribution < -0.4 is 5.32 Å². The number of nitrogens with one attached hydrogen (secondary N) is 1. The van der Waals surface area contributed by atoms with E-state index >= 15 is 0 Å². The van der Waals surface area contributed by atoms with Crippen LogP contribution in [0.5, 0.6) is 0 Å². The van der Waals surface area contributed by atoms with E-state index in [0.29, 0.717) is 17.3 Å². The van der Waals surface area contributed by atoms with Crippen molar-refractivity contribution >= 4 is 21.8 Å². The lowest BCUT2D eigenvalue weighted by Gasteiger charge is -2.27. The Hall–Kier alpha value is -0.970. The molecular weight excluding hydrogens is 328 g/mol. The van der Waals surface area contributed by atoms with E-state index in [1.165, 1.54) is 19.4 Å². The van der Waals surface area contributed by atoms with Crippen LogP contribution in [0.2, 0.25) is 0 Å². The molecule has 2 atom stereocenters. The fourth-order valence-electron chi connectivity index (χ4n) is 2.57. The number of rotatable bonds is 3. The van der Waals surface area contributed by atoms with E-state index in [4.69, 9.17) is 0 Å². The van der Waals surface area contributed by atoms with Gasteiger partial charge in [-0.2, -0.15) is 0 Å². The normalized spacial score (nSPS) is 22.6. The van der Waals surface area contributed by atoms with Crippen LogP contribution in [-0.2, 0) is 0 Å². The van der Waals surface area contributed by atoms with Gasteiger partial charge in [0.2, 0.25) is 0 Å². The quantitative estimate of drug-likeness (QED) is 0.825. The molecule has 1 aliphatic carbocycles. The molecule has 0 aliphatic heterocycles. The smallest absolute Gasteiger partial charge is 0.257 e. The predicted octanol–water partition coefficient (Wildman–Crippen LogP) is 3.96. The number of amides is 1. The summed E-state index contributed by atoms with van der Waals surface area (Å²) in [5.74, 6) is -1.94. The van der Waals surface area contributed by atoms with Crippen molar-refractivity contribution in [3.05, 3.63) is 34.9 Å². The lowest BCUT2D eigenvalue weighted by molar-refractivity contribution is 0.0936. The van der Waals surface area contributed by atoms with Crippen molar-refractivity contribution in [3.63, 3.8) is 0 Å². The molecule has 0 bridgehead atoms. The summed E-state index contributed by atoms with van der Waals surface area (Å²) in [4.78, 5) is 12.3. The van der Waals surface area contributed by atoms with Crippen molar-refractivity contribution < 1.29 is 13.6 Å². The molecule has 1 saturated carbocycles. The summed E-state index contributed by atoms with van der Waals surface area (Å²) in [6.07, 6.45) is 4.42. The van der Waals surface area contributed by atoms with Crippen molar-refractivity contribution in [1.29, 1.82) is 0 Å². The van der Waals surface area contributed by atoms with Crippen LogP contribution in [0.15, 0.2) is 12.1 Å². The molecule has 1 amide bonds. The zero-order chi connectivity index (χ0) is 14.7. The average molecular weight is 346 g/mol.